The van der Waals surface area contributed by atoms with E-state index in [0.717, 1.165) is 6.20 Å². The summed E-state index contributed by atoms with van der Waals surface area (Å²) in [6.45, 7) is 0.223. The number of hydrogen-bond donors (Lipinski definition) is 1. The number of nitrogens with zero attached hydrogens (tertiary/aromatic N) is 2. The van der Waals surface area contributed by atoms with Crippen LogP contribution >= 0.6 is 27.5 Å². The Morgan fingerprint density at radius 2 is 2.06 bits per heavy atom. The van der Waals surface area contributed by atoms with Crippen LogP contribution in [0.5, 0.6) is 0 Å². The van der Waals surface area contributed by atoms with Gasteiger partial charge < -0.3 is 5.32 Å². The van der Waals surface area contributed by atoms with Crippen LogP contribution in [-0.2, 0) is 6.54 Å². The maximum Gasteiger partial charge on any atom is 0.224 e. The predicted molar refractivity (Wildman–Crippen MR) is 68.4 cm³/mol. The molecule has 0 spiro atoms. The van der Waals surface area contributed by atoms with Crippen molar-refractivity contribution in [1.29, 1.82) is 0 Å². The summed E-state index contributed by atoms with van der Waals surface area (Å²) >= 11 is 8.73. The fraction of sp³-hybridized carbons (Fsp3) is 0.0909. The number of aromatic nitrogens is 2. The fourth-order valence-electron chi connectivity index (χ4n) is 1.37. The molecule has 0 radical (unpaired) electrons. The molecule has 0 atom stereocenters. The second kappa shape index (κ2) is 5.58. The molecule has 0 fully saturated rings. The average Bonchev–Trinajstić information content (AvgIpc) is 2.29. The van der Waals surface area contributed by atoms with Crippen LogP contribution in [-0.4, -0.2) is 9.97 Å². The minimum atomic E-state index is -0.616. The van der Waals surface area contributed by atoms with Gasteiger partial charge in [0.1, 0.15) is 5.82 Å². The zero-order chi connectivity index (χ0) is 13.1. The number of anilines is 1. The molecule has 2 aromatic rings. The van der Waals surface area contributed by atoms with E-state index in [1.54, 1.807) is 6.07 Å². The number of rotatable bonds is 3. The Morgan fingerprint density at radius 3 is 2.78 bits per heavy atom. The van der Waals surface area contributed by atoms with Crippen molar-refractivity contribution in [3.63, 3.8) is 0 Å². The zero-order valence-corrected chi connectivity index (χ0v) is 11.3. The smallest absolute Gasteiger partial charge is 0.224 e. The van der Waals surface area contributed by atoms with Gasteiger partial charge in [-0.1, -0.05) is 15.9 Å². The molecule has 1 aromatic heterocycles. The van der Waals surface area contributed by atoms with Gasteiger partial charge in [0.05, 0.1) is 6.20 Å². The first kappa shape index (κ1) is 13.2. The van der Waals surface area contributed by atoms with Crippen LogP contribution in [0.25, 0.3) is 0 Å². The molecule has 0 unspecified atom stereocenters. The Kier molecular flexibility index (Phi) is 4.08. The van der Waals surface area contributed by atoms with Crippen molar-refractivity contribution in [2.24, 2.45) is 0 Å². The van der Waals surface area contributed by atoms with Crippen LogP contribution in [0.1, 0.15) is 5.56 Å². The van der Waals surface area contributed by atoms with Crippen LogP contribution in [0, 0.1) is 11.6 Å². The fourth-order valence-corrected chi connectivity index (χ4v) is 2.01. The Bertz CT molecular complexity index is 560. The molecule has 1 N–H and O–H groups in total. The Balaban J connectivity index is 2.13. The molecule has 0 amide bonds. The van der Waals surface area contributed by atoms with Crippen LogP contribution in [0.15, 0.2) is 28.9 Å². The van der Waals surface area contributed by atoms with E-state index in [0.29, 0.717) is 10.0 Å². The average molecular weight is 335 g/mol. The minimum absolute atomic E-state index is 0.0182. The maximum atomic E-state index is 13.3. The standard InChI is InChI=1S/C11H7BrClF2N3/c12-7-1-6(2-8(14)3-7)4-16-10-9(15)5-17-11(13)18-10/h1-3,5H,4H2,(H,16,17,18). The van der Waals surface area contributed by atoms with Gasteiger partial charge in [-0.15, -0.1) is 0 Å². The lowest BCUT2D eigenvalue weighted by atomic mass is 10.2. The van der Waals surface area contributed by atoms with Gasteiger partial charge in [0, 0.05) is 11.0 Å². The molecule has 0 saturated heterocycles. The molecule has 0 aliphatic rings. The summed E-state index contributed by atoms with van der Waals surface area (Å²) in [4.78, 5) is 7.19. The van der Waals surface area contributed by atoms with Crippen LogP contribution in [0.3, 0.4) is 0 Å². The van der Waals surface area contributed by atoms with Gasteiger partial charge in [-0.05, 0) is 35.4 Å². The zero-order valence-electron chi connectivity index (χ0n) is 8.92. The normalized spacial score (nSPS) is 10.4. The van der Waals surface area contributed by atoms with E-state index in [1.807, 2.05) is 0 Å². The minimum Gasteiger partial charge on any atom is -0.363 e. The molecular weight excluding hydrogens is 327 g/mol. The van der Waals surface area contributed by atoms with E-state index in [2.05, 4.69) is 31.2 Å². The van der Waals surface area contributed by atoms with Crippen molar-refractivity contribution in [1.82, 2.24) is 9.97 Å². The van der Waals surface area contributed by atoms with E-state index in [9.17, 15) is 8.78 Å². The van der Waals surface area contributed by atoms with E-state index < -0.39 is 5.82 Å². The quantitative estimate of drug-likeness (QED) is 0.868. The summed E-state index contributed by atoms with van der Waals surface area (Å²) in [6.07, 6.45) is 0.971. The molecule has 18 heavy (non-hydrogen) atoms. The third-order valence-electron chi connectivity index (χ3n) is 2.10. The van der Waals surface area contributed by atoms with Gasteiger partial charge in [0.15, 0.2) is 11.6 Å². The molecule has 0 aliphatic heterocycles. The lowest BCUT2D eigenvalue weighted by Gasteiger charge is -2.07. The van der Waals surface area contributed by atoms with E-state index in [-0.39, 0.29) is 23.5 Å². The highest BCUT2D eigenvalue weighted by Gasteiger charge is 2.06. The van der Waals surface area contributed by atoms with Gasteiger partial charge in [0.25, 0.3) is 0 Å². The first-order valence-electron chi connectivity index (χ1n) is 4.91. The van der Waals surface area contributed by atoms with Crippen LogP contribution < -0.4 is 5.32 Å². The van der Waals surface area contributed by atoms with Crippen LogP contribution in [0.4, 0.5) is 14.6 Å². The highest BCUT2D eigenvalue weighted by Crippen LogP contribution is 2.17. The molecule has 94 valence electrons. The van der Waals surface area contributed by atoms with E-state index >= 15 is 0 Å². The Labute approximate surface area is 115 Å². The number of nitrogens with one attached hydrogen (secondary N) is 1. The van der Waals surface area contributed by atoms with Crippen molar-refractivity contribution < 1.29 is 8.78 Å². The molecule has 0 saturated carbocycles. The van der Waals surface area contributed by atoms with Crippen LogP contribution in [0.2, 0.25) is 5.28 Å². The topological polar surface area (TPSA) is 37.8 Å². The van der Waals surface area contributed by atoms with E-state index in [4.69, 9.17) is 11.6 Å². The van der Waals surface area contributed by atoms with Crippen molar-refractivity contribution in [3.8, 4) is 0 Å². The Morgan fingerprint density at radius 1 is 1.28 bits per heavy atom. The van der Waals surface area contributed by atoms with Gasteiger partial charge in [-0.25, -0.2) is 13.8 Å². The van der Waals surface area contributed by atoms with E-state index in [1.165, 1.54) is 12.1 Å². The third-order valence-corrected chi connectivity index (χ3v) is 2.74. The largest absolute Gasteiger partial charge is 0.363 e. The highest BCUT2D eigenvalue weighted by atomic mass is 79.9. The summed E-state index contributed by atoms with van der Waals surface area (Å²) in [7, 11) is 0. The van der Waals surface area contributed by atoms with Gasteiger partial charge in [-0.2, -0.15) is 4.98 Å². The van der Waals surface area contributed by atoms with Crippen molar-refractivity contribution in [2.45, 2.75) is 6.54 Å². The van der Waals surface area contributed by atoms with Crippen molar-refractivity contribution in [3.05, 3.63) is 51.4 Å². The monoisotopic (exact) mass is 333 g/mol. The number of hydrogen-bond acceptors (Lipinski definition) is 3. The molecule has 2 rings (SSSR count). The molecular formula is C11H7BrClF2N3. The lowest BCUT2D eigenvalue weighted by Crippen LogP contribution is -2.05. The number of benzene rings is 1. The maximum absolute atomic E-state index is 13.3. The SMILES string of the molecule is Fc1cc(Br)cc(CNc2nc(Cl)ncc2F)c1. The lowest BCUT2D eigenvalue weighted by molar-refractivity contribution is 0.616. The molecule has 0 bridgehead atoms. The molecule has 0 aliphatic carbocycles. The summed E-state index contributed by atoms with van der Waals surface area (Å²) < 4.78 is 27.0. The summed E-state index contributed by atoms with van der Waals surface area (Å²) in [5.41, 5.74) is 0.649. The summed E-state index contributed by atoms with van der Waals surface area (Å²) in [6, 6.07) is 4.40. The van der Waals surface area contributed by atoms with Gasteiger partial charge >= 0.3 is 0 Å². The summed E-state index contributed by atoms with van der Waals surface area (Å²) in [5.74, 6) is -1.01. The summed E-state index contributed by atoms with van der Waals surface area (Å²) in [5, 5.41) is 2.67. The third kappa shape index (κ3) is 3.36. The first-order chi connectivity index (χ1) is 8.54. The number of halogens is 4. The second-order valence-electron chi connectivity index (χ2n) is 3.47. The Hall–Kier alpha value is -1.27. The van der Waals surface area contributed by atoms with Gasteiger partial charge in [-0.3, -0.25) is 0 Å². The predicted octanol–water partition coefficient (Wildman–Crippen LogP) is 3.78. The molecule has 7 heteroatoms. The second-order valence-corrected chi connectivity index (χ2v) is 4.72. The molecule has 1 aromatic carbocycles. The molecule has 3 nitrogen and oxygen atoms in total. The highest BCUT2D eigenvalue weighted by molar-refractivity contribution is 9.10. The van der Waals surface area contributed by atoms with Crippen molar-refractivity contribution >= 4 is 33.3 Å². The van der Waals surface area contributed by atoms with Gasteiger partial charge in [0.2, 0.25) is 5.28 Å². The van der Waals surface area contributed by atoms with Crippen molar-refractivity contribution in [2.75, 3.05) is 5.32 Å². The first-order valence-corrected chi connectivity index (χ1v) is 6.08. The molecule has 1 heterocycles.